The maximum Gasteiger partial charge on any atom is 0.310 e. The number of hydrogen-bond donors (Lipinski definition) is 1. The average Bonchev–Trinajstić information content (AvgIpc) is 3.02. The van der Waals surface area contributed by atoms with Crippen molar-refractivity contribution in [3.05, 3.63) is 23.8 Å². The molecule has 1 N–H and O–H groups in total. The van der Waals surface area contributed by atoms with E-state index in [-0.39, 0.29) is 17.8 Å². The molecule has 1 aliphatic rings. The summed E-state index contributed by atoms with van der Waals surface area (Å²) in [4.78, 5) is 18.3. The average molecular weight is 349 g/mol. The summed E-state index contributed by atoms with van der Waals surface area (Å²) in [6, 6.07) is 5.79. The molecule has 1 saturated heterocycles. The van der Waals surface area contributed by atoms with Crippen molar-refractivity contribution in [1.29, 1.82) is 0 Å². The molecule has 7 heteroatoms. The third-order valence-corrected chi connectivity index (χ3v) is 4.53. The van der Waals surface area contributed by atoms with E-state index in [2.05, 4.69) is 22.1 Å². The van der Waals surface area contributed by atoms with Crippen molar-refractivity contribution in [2.75, 3.05) is 41.5 Å². The van der Waals surface area contributed by atoms with Crippen LogP contribution in [0.25, 0.3) is 0 Å². The van der Waals surface area contributed by atoms with Gasteiger partial charge < -0.3 is 24.4 Å². The zero-order valence-electron chi connectivity index (χ0n) is 15.5. The predicted molar refractivity (Wildman–Crippen MR) is 96.0 cm³/mol. The molecule has 7 nitrogen and oxygen atoms in total. The molecule has 0 amide bonds. The smallest absolute Gasteiger partial charge is 0.310 e. The summed E-state index contributed by atoms with van der Waals surface area (Å²) in [5.74, 6) is 2.11. The summed E-state index contributed by atoms with van der Waals surface area (Å²) in [5.41, 5.74) is 1.05. The highest BCUT2D eigenvalue weighted by Gasteiger charge is 2.36. The topological polar surface area (TPSA) is 72.4 Å². The Balaban J connectivity index is 2.01. The number of benzene rings is 1. The van der Waals surface area contributed by atoms with Gasteiger partial charge in [-0.15, -0.1) is 0 Å². The number of nitrogens with zero attached hydrogens (tertiary/aromatic N) is 2. The van der Waals surface area contributed by atoms with Crippen LogP contribution in [0, 0.1) is 11.8 Å². The van der Waals surface area contributed by atoms with Crippen LogP contribution in [0.15, 0.2) is 23.2 Å². The first-order chi connectivity index (χ1) is 12.0. The van der Waals surface area contributed by atoms with Crippen LogP contribution in [-0.4, -0.2) is 58.3 Å². The Bertz CT molecular complexity index is 633. The Labute approximate surface area is 149 Å². The van der Waals surface area contributed by atoms with E-state index in [9.17, 15) is 4.79 Å². The standard InChI is InChI=1S/C18H27N3O4/c1-12-10-21(11-14(12)17(22)25-5)18(19-2)20-9-13-6-7-15(23-3)16(8-13)24-4/h6-8,12,14H,9-11H2,1-5H3,(H,19,20). The lowest BCUT2D eigenvalue weighted by Gasteiger charge is -2.21. The van der Waals surface area contributed by atoms with Gasteiger partial charge in [0.2, 0.25) is 0 Å². The molecular formula is C18H27N3O4. The molecular weight excluding hydrogens is 322 g/mol. The summed E-state index contributed by atoms with van der Waals surface area (Å²) in [7, 11) is 6.41. The van der Waals surface area contributed by atoms with E-state index in [0.717, 1.165) is 18.1 Å². The normalized spacial score (nSPS) is 20.4. The lowest BCUT2D eigenvalue weighted by molar-refractivity contribution is -0.145. The number of nitrogens with one attached hydrogen (secondary N) is 1. The maximum atomic E-state index is 11.9. The fourth-order valence-corrected chi connectivity index (χ4v) is 3.10. The summed E-state index contributed by atoms with van der Waals surface area (Å²) < 4.78 is 15.5. The molecule has 0 aliphatic carbocycles. The molecule has 25 heavy (non-hydrogen) atoms. The molecule has 1 aromatic carbocycles. The molecule has 0 spiro atoms. The van der Waals surface area contributed by atoms with Crippen LogP contribution in [-0.2, 0) is 16.1 Å². The van der Waals surface area contributed by atoms with Crippen molar-refractivity contribution in [2.24, 2.45) is 16.8 Å². The molecule has 1 aliphatic heterocycles. The van der Waals surface area contributed by atoms with Crippen LogP contribution in [0.3, 0.4) is 0 Å². The van der Waals surface area contributed by atoms with Crippen molar-refractivity contribution >= 4 is 11.9 Å². The maximum absolute atomic E-state index is 11.9. The molecule has 0 bridgehead atoms. The number of carbonyl (C=O) groups is 1. The molecule has 2 rings (SSSR count). The van der Waals surface area contributed by atoms with Crippen molar-refractivity contribution in [1.82, 2.24) is 10.2 Å². The van der Waals surface area contributed by atoms with Gasteiger partial charge in [-0.2, -0.15) is 0 Å². The van der Waals surface area contributed by atoms with Crippen LogP contribution < -0.4 is 14.8 Å². The van der Waals surface area contributed by atoms with E-state index >= 15 is 0 Å². The lowest BCUT2D eigenvalue weighted by atomic mass is 9.99. The molecule has 1 aromatic rings. The zero-order chi connectivity index (χ0) is 18.4. The summed E-state index contributed by atoms with van der Waals surface area (Å²) in [5, 5.41) is 3.34. The van der Waals surface area contributed by atoms with Crippen LogP contribution in [0.1, 0.15) is 12.5 Å². The fraction of sp³-hybridized carbons (Fsp3) is 0.556. The molecule has 138 valence electrons. The number of methoxy groups -OCH3 is 3. The number of rotatable bonds is 5. The largest absolute Gasteiger partial charge is 0.493 e. The first kappa shape index (κ1) is 18.9. The second kappa shape index (κ2) is 8.60. The van der Waals surface area contributed by atoms with E-state index in [1.165, 1.54) is 7.11 Å². The Hall–Kier alpha value is -2.44. The molecule has 0 saturated carbocycles. The Morgan fingerprint density at radius 1 is 1.24 bits per heavy atom. The highest BCUT2D eigenvalue weighted by molar-refractivity contribution is 5.82. The second-order valence-corrected chi connectivity index (χ2v) is 6.10. The quantitative estimate of drug-likeness (QED) is 0.494. The van der Waals surface area contributed by atoms with Gasteiger partial charge in [0.1, 0.15) is 0 Å². The van der Waals surface area contributed by atoms with Gasteiger partial charge in [-0.05, 0) is 23.6 Å². The van der Waals surface area contributed by atoms with Gasteiger partial charge in [-0.3, -0.25) is 9.79 Å². The monoisotopic (exact) mass is 349 g/mol. The van der Waals surface area contributed by atoms with Gasteiger partial charge >= 0.3 is 5.97 Å². The molecule has 2 unspecified atom stereocenters. The Kier molecular flexibility index (Phi) is 6.50. The minimum Gasteiger partial charge on any atom is -0.493 e. The molecule has 0 aromatic heterocycles. The van der Waals surface area contributed by atoms with Crippen LogP contribution in [0.4, 0.5) is 0 Å². The zero-order valence-corrected chi connectivity index (χ0v) is 15.5. The second-order valence-electron chi connectivity index (χ2n) is 6.10. The Morgan fingerprint density at radius 2 is 1.96 bits per heavy atom. The van der Waals surface area contributed by atoms with E-state index in [0.29, 0.717) is 24.6 Å². The molecule has 1 heterocycles. The third kappa shape index (κ3) is 4.35. The first-order valence-electron chi connectivity index (χ1n) is 8.28. The molecule has 0 radical (unpaired) electrons. The summed E-state index contributed by atoms with van der Waals surface area (Å²) in [6.07, 6.45) is 0. The summed E-state index contributed by atoms with van der Waals surface area (Å²) >= 11 is 0. The SMILES string of the molecule is CN=C(NCc1ccc(OC)c(OC)c1)N1CC(C)C(C(=O)OC)C1. The molecule has 2 atom stereocenters. The number of esters is 1. The number of hydrogen-bond acceptors (Lipinski definition) is 5. The van der Waals surface area contributed by atoms with Gasteiger partial charge in [0.15, 0.2) is 17.5 Å². The highest BCUT2D eigenvalue weighted by Crippen LogP contribution is 2.28. The van der Waals surface area contributed by atoms with E-state index in [4.69, 9.17) is 14.2 Å². The van der Waals surface area contributed by atoms with E-state index < -0.39 is 0 Å². The lowest BCUT2D eigenvalue weighted by Crippen LogP contribution is -2.40. The van der Waals surface area contributed by atoms with Gasteiger partial charge in [0.05, 0.1) is 27.2 Å². The van der Waals surface area contributed by atoms with Crippen LogP contribution in [0.2, 0.25) is 0 Å². The third-order valence-electron chi connectivity index (χ3n) is 4.53. The van der Waals surface area contributed by atoms with Crippen LogP contribution >= 0.6 is 0 Å². The van der Waals surface area contributed by atoms with Crippen molar-refractivity contribution < 1.29 is 19.0 Å². The van der Waals surface area contributed by atoms with Gasteiger partial charge in [-0.25, -0.2) is 0 Å². The Morgan fingerprint density at radius 3 is 2.56 bits per heavy atom. The number of guanidine groups is 1. The summed E-state index contributed by atoms with van der Waals surface area (Å²) in [6.45, 7) is 4.04. The van der Waals surface area contributed by atoms with Gasteiger partial charge in [0.25, 0.3) is 0 Å². The van der Waals surface area contributed by atoms with Crippen molar-refractivity contribution in [2.45, 2.75) is 13.5 Å². The number of likely N-dealkylation sites (tertiary alicyclic amines) is 1. The minimum absolute atomic E-state index is 0.121. The van der Waals surface area contributed by atoms with Gasteiger partial charge in [0, 0.05) is 26.7 Å². The van der Waals surface area contributed by atoms with Crippen molar-refractivity contribution in [3.8, 4) is 11.5 Å². The predicted octanol–water partition coefficient (Wildman–Crippen LogP) is 1.52. The minimum atomic E-state index is -0.162. The molecule has 1 fully saturated rings. The number of ether oxygens (including phenoxy) is 3. The van der Waals surface area contributed by atoms with E-state index in [1.807, 2.05) is 18.2 Å². The van der Waals surface area contributed by atoms with Crippen LogP contribution in [0.5, 0.6) is 11.5 Å². The highest BCUT2D eigenvalue weighted by atomic mass is 16.5. The van der Waals surface area contributed by atoms with Gasteiger partial charge in [-0.1, -0.05) is 13.0 Å². The number of carbonyl (C=O) groups excluding carboxylic acids is 1. The fourth-order valence-electron chi connectivity index (χ4n) is 3.10. The van der Waals surface area contributed by atoms with E-state index in [1.54, 1.807) is 21.3 Å². The van der Waals surface area contributed by atoms with Crippen molar-refractivity contribution in [3.63, 3.8) is 0 Å². The first-order valence-corrected chi connectivity index (χ1v) is 8.28. The number of aliphatic imine (C=N–C) groups is 1.